The summed E-state index contributed by atoms with van der Waals surface area (Å²) in [5.74, 6) is 0.0267. The summed E-state index contributed by atoms with van der Waals surface area (Å²) in [5.41, 5.74) is 8.98. The molecule has 0 saturated carbocycles. The molecule has 3 rings (SSSR count). The van der Waals surface area contributed by atoms with E-state index in [0.717, 1.165) is 29.8 Å². The van der Waals surface area contributed by atoms with Crippen LogP contribution in [0.4, 0.5) is 17.1 Å². The Labute approximate surface area is 123 Å². The maximum atomic E-state index is 11.4. The largest absolute Gasteiger partial charge is 0.397 e. The summed E-state index contributed by atoms with van der Waals surface area (Å²) in [7, 11) is 0. The number of nitrogens with one attached hydrogen (secondary N) is 2. The number of anilines is 3. The lowest BCUT2D eigenvalue weighted by Crippen LogP contribution is -2.47. The fourth-order valence-corrected chi connectivity index (χ4v) is 2.92. The van der Waals surface area contributed by atoms with Crippen LogP contribution >= 0.6 is 0 Å². The van der Waals surface area contributed by atoms with E-state index in [9.17, 15) is 9.90 Å². The molecule has 0 atom stereocenters. The van der Waals surface area contributed by atoms with E-state index in [0.29, 0.717) is 31.7 Å². The zero-order valence-corrected chi connectivity index (χ0v) is 11.9. The molecule has 21 heavy (non-hydrogen) atoms. The molecular weight excluding hydrogens is 270 g/mol. The molecule has 2 heterocycles. The van der Waals surface area contributed by atoms with Gasteiger partial charge in [0.2, 0.25) is 5.91 Å². The van der Waals surface area contributed by atoms with Crippen molar-refractivity contribution in [2.24, 2.45) is 0 Å². The molecule has 0 spiro atoms. The van der Waals surface area contributed by atoms with Gasteiger partial charge in [-0.15, -0.1) is 0 Å². The van der Waals surface area contributed by atoms with Crippen molar-refractivity contribution >= 4 is 23.0 Å². The number of rotatable bonds is 3. The Morgan fingerprint density at radius 3 is 2.81 bits per heavy atom. The third-order valence-corrected chi connectivity index (χ3v) is 4.32. The van der Waals surface area contributed by atoms with Crippen molar-refractivity contribution in [3.05, 3.63) is 17.7 Å². The van der Waals surface area contributed by atoms with E-state index in [1.807, 2.05) is 6.07 Å². The molecule has 2 aliphatic rings. The number of benzene rings is 1. The molecule has 1 saturated heterocycles. The predicted octanol–water partition coefficient (Wildman–Crippen LogP) is 1.11. The van der Waals surface area contributed by atoms with Crippen LogP contribution in [-0.2, 0) is 16.0 Å². The minimum absolute atomic E-state index is 0.0267. The van der Waals surface area contributed by atoms with Crippen molar-refractivity contribution in [2.45, 2.75) is 31.2 Å². The van der Waals surface area contributed by atoms with Gasteiger partial charge in [0.05, 0.1) is 23.5 Å². The molecule has 2 aliphatic heterocycles. The van der Waals surface area contributed by atoms with Crippen LogP contribution in [0.2, 0.25) is 0 Å². The van der Waals surface area contributed by atoms with Crippen molar-refractivity contribution in [1.29, 1.82) is 0 Å². The van der Waals surface area contributed by atoms with Gasteiger partial charge in [-0.3, -0.25) is 4.79 Å². The van der Waals surface area contributed by atoms with E-state index in [2.05, 4.69) is 10.6 Å². The number of aryl methyl sites for hydroxylation is 1. The average molecular weight is 291 g/mol. The number of hydrogen-bond acceptors (Lipinski definition) is 5. The summed E-state index contributed by atoms with van der Waals surface area (Å²) in [6, 6.07) is 3.77. The SMILES string of the molecule is Nc1cc2c(cc1NC1(CO)CCOCC1)CCC(=O)N2. The fraction of sp³-hybridized carbons (Fsp3) is 0.533. The molecule has 6 nitrogen and oxygen atoms in total. The summed E-state index contributed by atoms with van der Waals surface area (Å²) < 4.78 is 5.37. The zero-order chi connectivity index (χ0) is 14.9. The Kier molecular flexibility index (Phi) is 3.73. The highest BCUT2D eigenvalue weighted by molar-refractivity contribution is 5.95. The van der Waals surface area contributed by atoms with Crippen molar-refractivity contribution in [3.8, 4) is 0 Å². The molecule has 0 bridgehead atoms. The topological polar surface area (TPSA) is 96.6 Å². The highest BCUT2D eigenvalue weighted by Crippen LogP contribution is 2.34. The second kappa shape index (κ2) is 5.54. The fourth-order valence-electron chi connectivity index (χ4n) is 2.92. The number of nitrogen functional groups attached to an aromatic ring is 1. The number of ether oxygens (including phenoxy) is 1. The lowest BCUT2D eigenvalue weighted by atomic mass is 9.90. The number of nitrogens with two attached hydrogens (primary N) is 1. The van der Waals surface area contributed by atoms with Gasteiger partial charge < -0.3 is 26.2 Å². The maximum absolute atomic E-state index is 11.4. The first-order valence-corrected chi connectivity index (χ1v) is 7.31. The van der Waals surface area contributed by atoms with Crippen LogP contribution in [0.1, 0.15) is 24.8 Å². The molecule has 1 amide bonds. The van der Waals surface area contributed by atoms with E-state index in [1.54, 1.807) is 6.07 Å². The predicted molar refractivity (Wildman–Crippen MR) is 81.3 cm³/mol. The highest BCUT2D eigenvalue weighted by atomic mass is 16.5. The van der Waals surface area contributed by atoms with E-state index >= 15 is 0 Å². The molecule has 114 valence electrons. The number of aliphatic hydroxyl groups is 1. The standard InChI is InChI=1S/C15H21N3O3/c16-11-8-12-10(1-2-14(20)17-12)7-13(11)18-15(9-19)3-5-21-6-4-15/h7-8,18-19H,1-6,9,16H2,(H,17,20). The third kappa shape index (κ3) is 2.82. The molecule has 1 aromatic rings. The molecule has 0 radical (unpaired) electrons. The van der Waals surface area contributed by atoms with Gasteiger partial charge >= 0.3 is 0 Å². The highest BCUT2D eigenvalue weighted by Gasteiger charge is 2.32. The normalized spacial score (nSPS) is 20.5. The van der Waals surface area contributed by atoms with Crippen LogP contribution in [-0.4, -0.2) is 36.4 Å². The zero-order valence-electron chi connectivity index (χ0n) is 11.9. The van der Waals surface area contributed by atoms with Gasteiger partial charge in [0, 0.05) is 25.3 Å². The third-order valence-electron chi connectivity index (χ3n) is 4.32. The number of fused-ring (bicyclic) bond motifs is 1. The molecule has 0 unspecified atom stereocenters. The van der Waals surface area contributed by atoms with Crippen LogP contribution < -0.4 is 16.4 Å². The van der Waals surface area contributed by atoms with Gasteiger partial charge in [-0.25, -0.2) is 0 Å². The summed E-state index contributed by atoms with van der Waals surface area (Å²) in [5, 5.41) is 16.0. The maximum Gasteiger partial charge on any atom is 0.224 e. The van der Waals surface area contributed by atoms with Crippen molar-refractivity contribution < 1.29 is 14.6 Å². The van der Waals surface area contributed by atoms with E-state index in [-0.39, 0.29) is 18.1 Å². The lowest BCUT2D eigenvalue weighted by molar-refractivity contribution is -0.116. The van der Waals surface area contributed by atoms with E-state index < -0.39 is 0 Å². The molecule has 0 aliphatic carbocycles. The molecule has 5 N–H and O–H groups in total. The van der Waals surface area contributed by atoms with Gasteiger partial charge in [0.1, 0.15) is 0 Å². The first-order chi connectivity index (χ1) is 10.1. The molecular formula is C15H21N3O3. The summed E-state index contributed by atoms with van der Waals surface area (Å²) in [6.45, 7) is 1.31. The quantitative estimate of drug-likeness (QED) is 0.626. The van der Waals surface area contributed by atoms with E-state index in [1.165, 1.54) is 0 Å². The molecule has 1 fully saturated rings. The van der Waals surface area contributed by atoms with Crippen molar-refractivity contribution in [2.75, 3.05) is 36.2 Å². The number of carbonyl (C=O) groups is 1. The number of amides is 1. The number of hydrogen-bond donors (Lipinski definition) is 4. The van der Waals surface area contributed by atoms with Gasteiger partial charge in [-0.1, -0.05) is 0 Å². The number of aliphatic hydroxyl groups excluding tert-OH is 1. The van der Waals surface area contributed by atoms with Crippen LogP contribution in [0, 0.1) is 0 Å². The first-order valence-electron chi connectivity index (χ1n) is 7.31. The number of carbonyl (C=O) groups excluding carboxylic acids is 1. The minimum Gasteiger partial charge on any atom is -0.397 e. The Bertz CT molecular complexity index is 553. The van der Waals surface area contributed by atoms with Gasteiger partial charge in [0.15, 0.2) is 0 Å². The molecule has 0 aromatic heterocycles. The second-order valence-electron chi connectivity index (χ2n) is 5.82. The Hall–Kier alpha value is -1.79. The molecule has 6 heteroatoms. The van der Waals surface area contributed by atoms with Crippen LogP contribution in [0.25, 0.3) is 0 Å². The Balaban J connectivity index is 1.86. The van der Waals surface area contributed by atoms with Crippen LogP contribution in [0.3, 0.4) is 0 Å². The Morgan fingerprint density at radius 1 is 1.33 bits per heavy atom. The van der Waals surface area contributed by atoms with E-state index in [4.69, 9.17) is 10.5 Å². The summed E-state index contributed by atoms with van der Waals surface area (Å²) >= 11 is 0. The van der Waals surface area contributed by atoms with Crippen molar-refractivity contribution in [1.82, 2.24) is 0 Å². The Morgan fingerprint density at radius 2 is 2.10 bits per heavy atom. The van der Waals surface area contributed by atoms with Gasteiger partial charge in [0.25, 0.3) is 0 Å². The van der Waals surface area contributed by atoms with Gasteiger partial charge in [-0.2, -0.15) is 0 Å². The second-order valence-corrected chi connectivity index (χ2v) is 5.82. The smallest absolute Gasteiger partial charge is 0.224 e. The lowest BCUT2D eigenvalue weighted by Gasteiger charge is -2.38. The van der Waals surface area contributed by atoms with Crippen molar-refractivity contribution in [3.63, 3.8) is 0 Å². The average Bonchev–Trinajstić information content (AvgIpc) is 2.49. The van der Waals surface area contributed by atoms with Gasteiger partial charge in [-0.05, 0) is 37.0 Å². The van der Waals surface area contributed by atoms with Crippen LogP contribution in [0.15, 0.2) is 12.1 Å². The summed E-state index contributed by atoms with van der Waals surface area (Å²) in [6.07, 6.45) is 2.70. The first kappa shape index (κ1) is 14.2. The minimum atomic E-state index is -0.376. The van der Waals surface area contributed by atoms with Crippen LogP contribution in [0.5, 0.6) is 0 Å². The summed E-state index contributed by atoms with van der Waals surface area (Å²) in [4.78, 5) is 11.4. The monoisotopic (exact) mass is 291 g/mol. The molecule has 1 aromatic carbocycles.